The number of carbonyl (C=O) groups is 2. The SMILES string of the molecule is CCCOc1c(OCCCOP(=O)(O)O)c[c-]cc1S(=O)(=O)CC(C)=O.COc1cc([C@@H]2CCOC2)cc(OC)c1OC.NCCC[C@H](N)C(=O)O.[K+]. The van der Waals surface area contributed by atoms with Gasteiger partial charge in [0.25, 0.3) is 0 Å². The first-order valence-electron chi connectivity index (χ1n) is 16.3. The molecule has 0 spiro atoms. The Hall–Kier alpha value is -1.84. The van der Waals surface area contributed by atoms with Crippen LogP contribution in [0.4, 0.5) is 0 Å². The number of phosphoric acid groups is 1. The molecule has 1 saturated heterocycles. The Morgan fingerprint density at radius 2 is 1.64 bits per heavy atom. The van der Waals surface area contributed by atoms with Gasteiger partial charge in [-0.15, -0.1) is 6.07 Å². The van der Waals surface area contributed by atoms with Crippen molar-refractivity contribution in [2.24, 2.45) is 11.5 Å². The molecular weight excluding hydrogens is 767 g/mol. The van der Waals surface area contributed by atoms with E-state index >= 15 is 0 Å². The topological polar surface area (TPSA) is 263 Å². The Bertz CT molecular complexity index is 1530. The van der Waals surface area contributed by atoms with Crippen molar-refractivity contribution in [3.05, 3.63) is 35.9 Å². The number of ether oxygens (including phenoxy) is 6. The monoisotopic (exact) mass is 818 g/mol. The molecule has 2 aromatic rings. The first kappa shape index (κ1) is 51.2. The van der Waals surface area contributed by atoms with E-state index in [1.54, 1.807) is 21.3 Å². The molecule has 0 aliphatic carbocycles. The number of rotatable bonds is 20. The summed E-state index contributed by atoms with van der Waals surface area (Å²) in [5, 5.41) is 8.24. The van der Waals surface area contributed by atoms with Gasteiger partial charge in [0.1, 0.15) is 27.4 Å². The molecule has 0 unspecified atom stereocenters. The van der Waals surface area contributed by atoms with E-state index in [4.69, 9.17) is 54.8 Å². The number of nitrogens with two attached hydrogens (primary N) is 2. The van der Waals surface area contributed by atoms with Crippen molar-refractivity contribution in [3.63, 3.8) is 0 Å². The number of Topliss-reactive ketones (excluding diaryl/α,β-unsaturated/α-hetero) is 1. The zero-order chi connectivity index (χ0) is 39.3. The van der Waals surface area contributed by atoms with Crippen molar-refractivity contribution >= 4 is 29.4 Å². The normalized spacial score (nSPS) is 14.2. The number of carboxylic acid groups (broad SMARTS) is 1. The molecule has 1 fully saturated rings. The number of phosphoric ester groups is 1. The van der Waals surface area contributed by atoms with Crippen molar-refractivity contribution in [2.75, 3.05) is 66.7 Å². The summed E-state index contributed by atoms with van der Waals surface area (Å²) >= 11 is 0. The molecule has 1 aliphatic rings. The minimum atomic E-state index is -4.54. The maximum Gasteiger partial charge on any atom is 1.00 e. The summed E-state index contributed by atoms with van der Waals surface area (Å²) in [4.78, 5) is 38.3. The standard InChI is InChI=1S/C15H22O9PS.C13H18O4.C5H12N2O2.K/c1-3-8-23-15-13(22-9-5-10-24-25(17,18)19)6-4-7-14(15)26(20,21)11-12(2)16;1-14-11-6-10(9-4-5-17-8-9)7-12(15-2)13(11)16-3;6-3-1-2-4(7)5(8)9;/h6-7H,3,5,8-11H2,1-2H3,(H2,17,18,19);6-7,9H,4-5,8H2,1-3H3;4H,1-3,6-7H2,(H,8,9);/q-1;;;+1/t;9-;4-;/m.10./s1. The molecule has 7 N–H and O–H groups in total. The van der Waals surface area contributed by atoms with Gasteiger partial charge in [-0.1, -0.05) is 6.92 Å². The van der Waals surface area contributed by atoms with Gasteiger partial charge in [-0.05, 0) is 56.8 Å². The van der Waals surface area contributed by atoms with E-state index in [9.17, 15) is 22.6 Å². The summed E-state index contributed by atoms with van der Waals surface area (Å²) in [6.45, 7) is 5.12. The Labute approximate surface area is 353 Å². The molecule has 1 aliphatic heterocycles. The third-order valence-corrected chi connectivity index (χ3v) is 9.26. The fraction of sp³-hybridized carbons (Fsp3) is 0.576. The summed E-state index contributed by atoms with van der Waals surface area (Å²) in [6, 6.07) is 8.50. The summed E-state index contributed by atoms with van der Waals surface area (Å²) in [5.74, 6) is 0.435. The van der Waals surface area contributed by atoms with Crippen LogP contribution < -0.4 is 86.5 Å². The molecule has 296 valence electrons. The minimum Gasteiger partial charge on any atom is -0.547 e. The van der Waals surface area contributed by atoms with E-state index in [0.29, 0.717) is 49.0 Å². The van der Waals surface area contributed by atoms with Crippen molar-refractivity contribution in [1.29, 1.82) is 0 Å². The van der Waals surface area contributed by atoms with Crippen LogP contribution in [0.15, 0.2) is 29.2 Å². The van der Waals surface area contributed by atoms with E-state index in [-0.39, 0.29) is 94.0 Å². The number of sulfone groups is 1. The van der Waals surface area contributed by atoms with E-state index < -0.39 is 41.2 Å². The number of ketones is 1. The van der Waals surface area contributed by atoms with Crippen LogP contribution in [0.3, 0.4) is 0 Å². The zero-order valence-electron chi connectivity index (χ0n) is 31.2. The van der Waals surface area contributed by atoms with Crippen LogP contribution in [0.25, 0.3) is 0 Å². The van der Waals surface area contributed by atoms with E-state index in [0.717, 1.165) is 19.6 Å². The quantitative estimate of drug-likeness (QED) is 0.0505. The molecule has 0 saturated carbocycles. The molecule has 2 aromatic carbocycles. The van der Waals surface area contributed by atoms with Gasteiger partial charge in [0.2, 0.25) is 5.75 Å². The summed E-state index contributed by atoms with van der Waals surface area (Å²) in [6.07, 6.45) is 2.96. The van der Waals surface area contributed by atoms with Crippen LogP contribution >= 0.6 is 7.82 Å². The second kappa shape index (κ2) is 26.9. The number of hydrogen-bond donors (Lipinski definition) is 5. The average Bonchev–Trinajstić information content (AvgIpc) is 3.64. The van der Waals surface area contributed by atoms with Gasteiger partial charge in [-0.25, -0.2) is 13.0 Å². The van der Waals surface area contributed by atoms with Crippen LogP contribution in [0.2, 0.25) is 0 Å². The van der Waals surface area contributed by atoms with E-state index in [1.165, 1.54) is 24.6 Å². The summed E-state index contributed by atoms with van der Waals surface area (Å²) in [5.41, 5.74) is 11.5. The van der Waals surface area contributed by atoms with Crippen molar-refractivity contribution in [2.45, 2.75) is 62.8 Å². The Morgan fingerprint density at radius 3 is 2.11 bits per heavy atom. The molecule has 0 radical (unpaired) electrons. The number of aliphatic carboxylic acids is 1. The Morgan fingerprint density at radius 1 is 1.00 bits per heavy atom. The van der Waals surface area contributed by atoms with Crippen LogP contribution in [-0.4, -0.2) is 108 Å². The zero-order valence-corrected chi connectivity index (χ0v) is 36.0. The third-order valence-electron chi connectivity index (χ3n) is 6.99. The number of carboxylic acids is 1. The number of carbonyl (C=O) groups excluding carboxylic acids is 1. The fourth-order valence-electron chi connectivity index (χ4n) is 4.50. The predicted octanol–water partition coefficient (Wildman–Crippen LogP) is -0.126. The Balaban J connectivity index is 0.000000855. The first-order chi connectivity index (χ1) is 24.5. The van der Waals surface area contributed by atoms with Gasteiger partial charge >= 0.3 is 65.2 Å². The van der Waals surface area contributed by atoms with Crippen molar-refractivity contribution < 1.29 is 122 Å². The van der Waals surface area contributed by atoms with Gasteiger partial charge < -0.3 is 54.8 Å². The Kier molecular flexibility index (Phi) is 25.9. The minimum absolute atomic E-state index is 0. The van der Waals surface area contributed by atoms with Crippen LogP contribution in [0.5, 0.6) is 28.7 Å². The van der Waals surface area contributed by atoms with E-state index in [1.807, 2.05) is 19.1 Å². The second-order valence-corrected chi connectivity index (χ2v) is 14.4. The maximum atomic E-state index is 12.4. The number of benzene rings is 2. The second-order valence-electron chi connectivity index (χ2n) is 11.2. The van der Waals surface area contributed by atoms with Crippen molar-refractivity contribution in [1.82, 2.24) is 0 Å². The smallest absolute Gasteiger partial charge is 0.547 e. The van der Waals surface area contributed by atoms with E-state index in [2.05, 4.69) is 10.6 Å². The summed E-state index contributed by atoms with van der Waals surface area (Å²) in [7, 11) is -3.58. The third kappa shape index (κ3) is 19.5. The molecule has 1 heterocycles. The molecule has 53 heavy (non-hydrogen) atoms. The predicted molar refractivity (Wildman–Crippen MR) is 190 cm³/mol. The molecule has 0 bridgehead atoms. The summed E-state index contributed by atoms with van der Waals surface area (Å²) < 4.78 is 72.0. The largest absolute Gasteiger partial charge is 1.00 e. The first-order valence-corrected chi connectivity index (χ1v) is 19.5. The molecule has 0 aromatic heterocycles. The van der Waals surface area contributed by atoms with Gasteiger partial charge in [0, 0.05) is 29.6 Å². The molecule has 20 heteroatoms. The number of methoxy groups -OCH3 is 3. The molecule has 0 amide bonds. The van der Waals surface area contributed by atoms with Gasteiger partial charge in [-0.2, -0.15) is 12.1 Å². The van der Waals surface area contributed by atoms with Gasteiger partial charge in [0.15, 0.2) is 11.5 Å². The fourth-order valence-corrected chi connectivity index (χ4v) is 6.24. The van der Waals surface area contributed by atoms with Gasteiger partial charge in [-0.3, -0.25) is 14.1 Å². The van der Waals surface area contributed by atoms with Crippen LogP contribution in [0.1, 0.15) is 57.4 Å². The molecular formula is C33H52KN2O15PS. The molecule has 2 atom stereocenters. The maximum absolute atomic E-state index is 12.4. The van der Waals surface area contributed by atoms with Crippen LogP contribution in [0, 0.1) is 6.07 Å². The molecule has 17 nitrogen and oxygen atoms in total. The van der Waals surface area contributed by atoms with Crippen LogP contribution in [-0.2, 0) is 33.3 Å². The van der Waals surface area contributed by atoms with Crippen molar-refractivity contribution in [3.8, 4) is 28.7 Å². The average molecular weight is 819 g/mol. The molecule has 3 rings (SSSR count). The number of hydrogen-bond acceptors (Lipinski definition) is 14. The van der Waals surface area contributed by atoms with Gasteiger partial charge in [0.05, 0.1) is 53.5 Å².